The second kappa shape index (κ2) is 13.3. The van der Waals surface area contributed by atoms with E-state index in [1.165, 1.54) is 12.5 Å². The van der Waals surface area contributed by atoms with E-state index in [9.17, 15) is 14.4 Å². The van der Waals surface area contributed by atoms with Crippen molar-refractivity contribution in [3.63, 3.8) is 0 Å². The largest absolute Gasteiger partial charge is 0.372 e. The summed E-state index contributed by atoms with van der Waals surface area (Å²) in [6.07, 6.45) is 3.76. The van der Waals surface area contributed by atoms with Gasteiger partial charge in [-0.2, -0.15) is 0 Å². The van der Waals surface area contributed by atoms with Crippen LogP contribution >= 0.6 is 0 Å². The number of benzene rings is 1. The SMILES string of the molecule is CC(=O)Nc1ccc(CN2CCN(CC3CCC(CNC(=O)CCCC(=O)C(C)(C)C)O3)CC2)cc1. The minimum atomic E-state index is -0.336. The molecule has 0 aliphatic carbocycles. The van der Waals surface area contributed by atoms with Gasteiger partial charge < -0.3 is 15.4 Å². The van der Waals surface area contributed by atoms with Gasteiger partial charge in [0.1, 0.15) is 5.78 Å². The Morgan fingerprint density at radius 1 is 0.944 bits per heavy atom. The Morgan fingerprint density at radius 2 is 1.58 bits per heavy atom. The molecule has 1 aromatic rings. The summed E-state index contributed by atoms with van der Waals surface area (Å²) < 4.78 is 6.21. The molecule has 0 aromatic heterocycles. The van der Waals surface area contributed by atoms with E-state index in [2.05, 4.69) is 32.6 Å². The van der Waals surface area contributed by atoms with Crippen LogP contribution in [0.25, 0.3) is 0 Å². The number of nitrogens with one attached hydrogen (secondary N) is 2. The molecule has 3 rings (SSSR count). The zero-order valence-electron chi connectivity index (χ0n) is 22.5. The van der Waals surface area contributed by atoms with Gasteiger partial charge >= 0.3 is 0 Å². The molecule has 2 aliphatic heterocycles. The van der Waals surface area contributed by atoms with Gasteiger partial charge in [-0.1, -0.05) is 32.9 Å². The standard InChI is InChI=1S/C28H44N4O4/c1-21(33)30-23-10-8-22(9-11-23)19-31-14-16-32(17-15-31)20-25-13-12-24(36-25)18-29-27(35)7-5-6-26(34)28(2,3)4/h8-11,24-25H,5-7,12-20H2,1-4H3,(H,29,35)(H,30,33). The van der Waals surface area contributed by atoms with Crippen LogP contribution in [0.15, 0.2) is 24.3 Å². The summed E-state index contributed by atoms with van der Waals surface area (Å²) in [6.45, 7) is 13.8. The molecule has 1 aromatic carbocycles. The highest BCUT2D eigenvalue weighted by atomic mass is 16.5. The van der Waals surface area contributed by atoms with E-state index >= 15 is 0 Å². The van der Waals surface area contributed by atoms with Gasteiger partial charge in [-0.25, -0.2) is 0 Å². The van der Waals surface area contributed by atoms with Crippen molar-refractivity contribution in [3.8, 4) is 0 Å². The minimum absolute atomic E-state index is 0.00429. The maximum atomic E-state index is 12.1. The number of nitrogens with zero attached hydrogens (tertiary/aromatic N) is 2. The van der Waals surface area contributed by atoms with Crippen molar-refractivity contribution in [1.29, 1.82) is 0 Å². The first-order valence-corrected chi connectivity index (χ1v) is 13.3. The molecule has 0 radical (unpaired) electrons. The Bertz CT molecular complexity index is 873. The van der Waals surface area contributed by atoms with Crippen molar-refractivity contribution >= 4 is 23.3 Å². The van der Waals surface area contributed by atoms with E-state index in [4.69, 9.17) is 4.74 Å². The number of amides is 2. The van der Waals surface area contributed by atoms with Crippen molar-refractivity contribution in [2.24, 2.45) is 5.41 Å². The Labute approximate surface area is 216 Å². The van der Waals surface area contributed by atoms with Crippen LogP contribution in [0.2, 0.25) is 0 Å². The summed E-state index contributed by atoms with van der Waals surface area (Å²) in [6, 6.07) is 8.07. The molecule has 200 valence electrons. The maximum absolute atomic E-state index is 12.1. The van der Waals surface area contributed by atoms with E-state index < -0.39 is 0 Å². The first-order chi connectivity index (χ1) is 17.1. The molecule has 2 unspecified atom stereocenters. The summed E-state index contributed by atoms with van der Waals surface area (Å²) in [5, 5.41) is 5.79. The van der Waals surface area contributed by atoms with Gasteiger partial charge in [-0.3, -0.25) is 24.2 Å². The van der Waals surface area contributed by atoms with E-state index in [1.807, 2.05) is 32.9 Å². The van der Waals surface area contributed by atoms with Crippen LogP contribution in [0.1, 0.15) is 65.4 Å². The van der Waals surface area contributed by atoms with Gasteiger partial charge in [-0.05, 0) is 37.0 Å². The molecular formula is C28H44N4O4. The van der Waals surface area contributed by atoms with Gasteiger partial charge in [0.05, 0.1) is 12.2 Å². The predicted octanol–water partition coefficient (Wildman–Crippen LogP) is 3.21. The third kappa shape index (κ3) is 9.64. The fourth-order valence-corrected chi connectivity index (χ4v) is 4.74. The smallest absolute Gasteiger partial charge is 0.221 e. The van der Waals surface area contributed by atoms with Gasteiger partial charge in [0, 0.05) is 76.7 Å². The number of ether oxygens (including phenoxy) is 1. The number of piperazine rings is 1. The highest BCUT2D eigenvalue weighted by Gasteiger charge is 2.28. The lowest BCUT2D eigenvalue weighted by Gasteiger charge is -2.35. The van der Waals surface area contributed by atoms with Crippen LogP contribution in [-0.2, 0) is 25.7 Å². The van der Waals surface area contributed by atoms with Crippen molar-refractivity contribution in [2.75, 3.05) is 44.6 Å². The molecule has 8 nitrogen and oxygen atoms in total. The highest BCUT2D eigenvalue weighted by molar-refractivity contribution is 5.88. The van der Waals surface area contributed by atoms with Gasteiger partial charge in [0.25, 0.3) is 0 Å². The maximum Gasteiger partial charge on any atom is 0.221 e. The highest BCUT2D eigenvalue weighted by Crippen LogP contribution is 2.22. The Morgan fingerprint density at radius 3 is 2.22 bits per heavy atom. The summed E-state index contributed by atoms with van der Waals surface area (Å²) in [4.78, 5) is 40.2. The van der Waals surface area contributed by atoms with Crippen molar-refractivity contribution in [2.45, 2.75) is 78.6 Å². The van der Waals surface area contributed by atoms with Crippen LogP contribution in [0, 0.1) is 5.41 Å². The summed E-state index contributed by atoms with van der Waals surface area (Å²) in [5.41, 5.74) is 1.75. The molecule has 0 bridgehead atoms. The number of ketones is 1. The Balaban J connectivity index is 1.27. The van der Waals surface area contributed by atoms with Crippen molar-refractivity contribution < 1.29 is 19.1 Å². The molecule has 36 heavy (non-hydrogen) atoms. The molecule has 2 saturated heterocycles. The minimum Gasteiger partial charge on any atom is -0.372 e. The van der Waals surface area contributed by atoms with Crippen LogP contribution < -0.4 is 10.6 Å². The van der Waals surface area contributed by atoms with E-state index in [0.717, 1.165) is 57.8 Å². The third-order valence-corrected chi connectivity index (χ3v) is 6.97. The molecule has 2 heterocycles. The van der Waals surface area contributed by atoms with Crippen molar-refractivity contribution in [3.05, 3.63) is 29.8 Å². The molecular weight excluding hydrogens is 456 g/mol. The molecule has 2 aliphatic rings. The molecule has 2 amide bonds. The number of anilines is 1. The normalized spacial score (nSPS) is 21.3. The number of carbonyl (C=O) groups excluding carboxylic acids is 3. The molecule has 8 heteroatoms. The molecule has 0 saturated carbocycles. The monoisotopic (exact) mass is 500 g/mol. The second-order valence-corrected chi connectivity index (χ2v) is 11.2. The Kier molecular flexibility index (Phi) is 10.5. The molecule has 2 atom stereocenters. The van der Waals surface area contributed by atoms with Gasteiger partial charge in [0.2, 0.25) is 11.8 Å². The predicted molar refractivity (Wildman–Crippen MR) is 142 cm³/mol. The van der Waals surface area contributed by atoms with Crippen LogP contribution in [-0.4, -0.2) is 78.9 Å². The summed E-state index contributed by atoms with van der Waals surface area (Å²) in [5.74, 6) is 0.155. The lowest BCUT2D eigenvalue weighted by Crippen LogP contribution is -2.48. The number of rotatable bonds is 11. The van der Waals surface area contributed by atoms with Crippen molar-refractivity contribution in [1.82, 2.24) is 15.1 Å². The average Bonchev–Trinajstić information content (AvgIpc) is 3.26. The summed E-state index contributed by atoms with van der Waals surface area (Å²) >= 11 is 0. The fourth-order valence-electron chi connectivity index (χ4n) is 4.74. The number of hydrogen-bond donors (Lipinski definition) is 2. The number of carbonyl (C=O) groups is 3. The fraction of sp³-hybridized carbons (Fsp3) is 0.679. The third-order valence-electron chi connectivity index (χ3n) is 6.97. The molecule has 2 N–H and O–H groups in total. The Hall–Kier alpha value is -2.29. The lowest BCUT2D eigenvalue weighted by molar-refractivity contribution is -0.126. The first-order valence-electron chi connectivity index (χ1n) is 13.3. The van der Waals surface area contributed by atoms with Gasteiger partial charge in [0.15, 0.2) is 0 Å². The number of hydrogen-bond acceptors (Lipinski definition) is 6. The topological polar surface area (TPSA) is 91.0 Å². The zero-order chi connectivity index (χ0) is 26.1. The first kappa shape index (κ1) is 28.3. The van der Waals surface area contributed by atoms with E-state index in [0.29, 0.717) is 25.8 Å². The quantitative estimate of drug-likeness (QED) is 0.485. The number of Topliss-reactive ketones (excluding diaryl/α,β-unsaturated/α-hetero) is 1. The summed E-state index contributed by atoms with van der Waals surface area (Å²) in [7, 11) is 0. The average molecular weight is 501 g/mol. The van der Waals surface area contributed by atoms with Crippen LogP contribution in [0.4, 0.5) is 5.69 Å². The van der Waals surface area contributed by atoms with E-state index in [1.54, 1.807) is 0 Å². The lowest BCUT2D eigenvalue weighted by atomic mass is 9.88. The molecule has 0 spiro atoms. The zero-order valence-corrected chi connectivity index (χ0v) is 22.5. The van der Waals surface area contributed by atoms with Crippen LogP contribution in [0.5, 0.6) is 0 Å². The van der Waals surface area contributed by atoms with E-state index in [-0.39, 0.29) is 35.2 Å². The second-order valence-electron chi connectivity index (χ2n) is 11.2. The van der Waals surface area contributed by atoms with Gasteiger partial charge in [-0.15, -0.1) is 0 Å². The molecule has 2 fully saturated rings. The van der Waals surface area contributed by atoms with Crippen LogP contribution in [0.3, 0.4) is 0 Å².